The van der Waals surface area contributed by atoms with E-state index in [1.807, 2.05) is 11.3 Å². The molecular weight excluding hydrogens is 397 g/mol. The summed E-state index contributed by atoms with van der Waals surface area (Å²) in [4.78, 5) is 6.97. The van der Waals surface area contributed by atoms with Gasteiger partial charge in [-0.05, 0) is 25.0 Å². The third-order valence-electron chi connectivity index (χ3n) is 2.90. The number of aryl methyl sites for hydroxylation is 1. The van der Waals surface area contributed by atoms with Crippen molar-refractivity contribution in [2.45, 2.75) is 39.7 Å². The molecule has 0 saturated carbocycles. The lowest BCUT2D eigenvalue weighted by Crippen LogP contribution is -2.38. The van der Waals surface area contributed by atoms with Gasteiger partial charge in [0.1, 0.15) is 0 Å². The third-order valence-corrected chi connectivity index (χ3v) is 4.13. The van der Waals surface area contributed by atoms with Gasteiger partial charge in [0, 0.05) is 30.0 Å². The molecule has 1 heterocycles. The van der Waals surface area contributed by atoms with Crippen LogP contribution in [0.2, 0.25) is 0 Å². The van der Waals surface area contributed by atoms with Gasteiger partial charge in [0.25, 0.3) is 0 Å². The second kappa shape index (κ2) is 13.3. The summed E-state index contributed by atoms with van der Waals surface area (Å²) in [7, 11) is 1.79. The summed E-state index contributed by atoms with van der Waals surface area (Å²) in [6.45, 7) is 7.53. The van der Waals surface area contributed by atoms with Crippen molar-refractivity contribution in [2.24, 2.45) is 4.99 Å². The van der Waals surface area contributed by atoms with Gasteiger partial charge in [-0.15, -0.1) is 35.3 Å². The lowest BCUT2D eigenvalue weighted by molar-refractivity contribution is 0.136. The van der Waals surface area contributed by atoms with E-state index in [0.717, 1.165) is 45.1 Å². The van der Waals surface area contributed by atoms with Gasteiger partial charge in [0.2, 0.25) is 0 Å². The van der Waals surface area contributed by atoms with Crippen LogP contribution in [0, 0.1) is 0 Å². The van der Waals surface area contributed by atoms with Crippen molar-refractivity contribution in [1.82, 2.24) is 10.6 Å². The fraction of sp³-hybridized carbons (Fsp3) is 0.667. The first kappa shape index (κ1) is 20.7. The highest BCUT2D eigenvalue weighted by molar-refractivity contribution is 14.0. The molecule has 0 amide bonds. The molecule has 0 bridgehead atoms. The second-order valence-electron chi connectivity index (χ2n) is 4.54. The van der Waals surface area contributed by atoms with Gasteiger partial charge in [0.15, 0.2) is 5.96 Å². The molecule has 0 saturated heterocycles. The number of ether oxygens (including phenoxy) is 1. The zero-order valence-electron chi connectivity index (χ0n) is 13.3. The van der Waals surface area contributed by atoms with Crippen LogP contribution in [0.4, 0.5) is 0 Å². The fourth-order valence-corrected chi connectivity index (χ4v) is 2.59. The number of hydrogen-bond acceptors (Lipinski definition) is 3. The van der Waals surface area contributed by atoms with Crippen LogP contribution in [0.3, 0.4) is 0 Å². The summed E-state index contributed by atoms with van der Waals surface area (Å²) in [6.07, 6.45) is 3.41. The first-order valence-electron chi connectivity index (χ1n) is 7.40. The van der Waals surface area contributed by atoms with E-state index < -0.39 is 0 Å². The predicted molar refractivity (Wildman–Crippen MR) is 103 cm³/mol. The van der Waals surface area contributed by atoms with Crippen molar-refractivity contribution >= 4 is 41.3 Å². The van der Waals surface area contributed by atoms with Crippen LogP contribution in [0.15, 0.2) is 17.1 Å². The van der Waals surface area contributed by atoms with E-state index in [4.69, 9.17) is 4.74 Å². The Morgan fingerprint density at radius 1 is 1.19 bits per heavy atom. The van der Waals surface area contributed by atoms with Crippen LogP contribution in [-0.2, 0) is 17.7 Å². The largest absolute Gasteiger partial charge is 0.380 e. The molecule has 6 heteroatoms. The van der Waals surface area contributed by atoms with Crippen molar-refractivity contribution in [3.63, 3.8) is 0 Å². The Balaban J connectivity index is 0.00000400. The normalized spacial score (nSPS) is 11.1. The average molecular weight is 425 g/mol. The van der Waals surface area contributed by atoms with E-state index in [0.29, 0.717) is 0 Å². The zero-order valence-corrected chi connectivity index (χ0v) is 16.4. The molecule has 0 atom stereocenters. The number of nitrogens with one attached hydrogen (secondary N) is 2. The van der Waals surface area contributed by atoms with Gasteiger partial charge >= 0.3 is 0 Å². The topological polar surface area (TPSA) is 45.6 Å². The number of guanidine groups is 1. The number of aliphatic imine (C=N–C) groups is 1. The SMILES string of the molecule is CCCCOCCNC(=NC)NCc1ccc(CC)s1.I. The molecule has 21 heavy (non-hydrogen) atoms. The smallest absolute Gasteiger partial charge is 0.191 e. The summed E-state index contributed by atoms with van der Waals surface area (Å²) in [6, 6.07) is 4.37. The zero-order chi connectivity index (χ0) is 14.6. The van der Waals surface area contributed by atoms with E-state index in [1.165, 1.54) is 16.2 Å². The minimum Gasteiger partial charge on any atom is -0.380 e. The van der Waals surface area contributed by atoms with Crippen molar-refractivity contribution in [3.8, 4) is 0 Å². The second-order valence-corrected chi connectivity index (χ2v) is 5.79. The van der Waals surface area contributed by atoms with Crippen LogP contribution < -0.4 is 10.6 Å². The summed E-state index contributed by atoms with van der Waals surface area (Å²) in [5.41, 5.74) is 0. The van der Waals surface area contributed by atoms with Crippen molar-refractivity contribution in [3.05, 3.63) is 21.9 Å². The Bertz CT molecular complexity index is 396. The molecule has 1 aromatic heterocycles. The Morgan fingerprint density at radius 2 is 1.95 bits per heavy atom. The van der Waals surface area contributed by atoms with Gasteiger partial charge in [-0.2, -0.15) is 0 Å². The first-order chi connectivity index (χ1) is 9.80. The maximum absolute atomic E-state index is 5.51. The molecule has 0 aromatic carbocycles. The maximum Gasteiger partial charge on any atom is 0.191 e. The lowest BCUT2D eigenvalue weighted by Gasteiger charge is -2.11. The predicted octanol–water partition coefficient (Wildman–Crippen LogP) is 3.41. The van der Waals surface area contributed by atoms with E-state index >= 15 is 0 Å². The summed E-state index contributed by atoms with van der Waals surface area (Å²) in [5, 5.41) is 6.57. The molecule has 1 aromatic rings. The van der Waals surface area contributed by atoms with Gasteiger partial charge in [0.05, 0.1) is 13.2 Å². The molecule has 4 nitrogen and oxygen atoms in total. The van der Waals surface area contributed by atoms with E-state index in [-0.39, 0.29) is 24.0 Å². The minimum atomic E-state index is 0. The average Bonchev–Trinajstić information content (AvgIpc) is 2.94. The highest BCUT2D eigenvalue weighted by Crippen LogP contribution is 2.16. The van der Waals surface area contributed by atoms with Gasteiger partial charge in [-0.25, -0.2) is 0 Å². The number of unbranched alkanes of at least 4 members (excludes halogenated alkanes) is 1. The van der Waals surface area contributed by atoms with Crippen LogP contribution >= 0.6 is 35.3 Å². The minimum absolute atomic E-state index is 0. The highest BCUT2D eigenvalue weighted by atomic mass is 127. The van der Waals surface area contributed by atoms with Crippen LogP contribution in [0.25, 0.3) is 0 Å². The molecule has 0 aliphatic heterocycles. The Morgan fingerprint density at radius 3 is 2.57 bits per heavy atom. The molecule has 0 spiro atoms. The van der Waals surface area contributed by atoms with Crippen LogP contribution in [0.1, 0.15) is 36.4 Å². The fourth-order valence-electron chi connectivity index (χ4n) is 1.69. The van der Waals surface area contributed by atoms with Gasteiger partial charge in [-0.3, -0.25) is 4.99 Å². The van der Waals surface area contributed by atoms with E-state index in [9.17, 15) is 0 Å². The Labute approximate surface area is 149 Å². The first-order valence-corrected chi connectivity index (χ1v) is 8.21. The third kappa shape index (κ3) is 9.31. The summed E-state index contributed by atoms with van der Waals surface area (Å²) in [5.74, 6) is 0.829. The molecule has 0 radical (unpaired) electrons. The molecule has 0 unspecified atom stereocenters. The molecule has 0 aliphatic rings. The maximum atomic E-state index is 5.51. The molecule has 2 N–H and O–H groups in total. The number of hydrogen-bond donors (Lipinski definition) is 2. The standard InChI is InChI=1S/C15H27N3OS.HI/c1-4-6-10-19-11-9-17-15(16-3)18-12-14-8-7-13(5-2)20-14;/h7-8H,4-6,9-12H2,1-3H3,(H2,16,17,18);1H. The van der Waals surface area contributed by atoms with Crippen LogP contribution in [-0.4, -0.2) is 32.8 Å². The highest BCUT2D eigenvalue weighted by Gasteiger charge is 2.01. The molecule has 1 rings (SSSR count). The monoisotopic (exact) mass is 425 g/mol. The van der Waals surface area contributed by atoms with Crippen molar-refractivity contribution in [1.29, 1.82) is 0 Å². The van der Waals surface area contributed by atoms with Crippen LogP contribution in [0.5, 0.6) is 0 Å². The van der Waals surface area contributed by atoms with E-state index in [1.54, 1.807) is 7.05 Å². The molecule has 122 valence electrons. The van der Waals surface area contributed by atoms with E-state index in [2.05, 4.69) is 41.6 Å². The number of thiophene rings is 1. The van der Waals surface area contributed by atoms with Crippen molar-refractivity contribution in [2.75, 3.05) is 26.8 Å². The number of halogens is 1. The molecule has 0 aliphatic carbocycles. The number of rotatable bonds is 9. The quantitative estimate of drug-likeness (QED) is 0.276. The molecule has 0 fully saturated rings. The Kier molecular flexibility index (Phi) is 13.1. The van der Waals surface area contributed by atoms with Gasteiger partial charge < -0.3 is 15.4 Å². The number of nitrogens with zero attached hydrogens (tertiary/aromatic N) is 1. The lowest BCUT2D eigenvalue weighted by atomic mass is 10.4. The molecular formula is C15H28IN3OS. The Hall–Kier alpha value is -0.340. The summed E-state index contributed by atoms with van der Waals surface area (Å²) < 4.78 is 5.51. The van der Waals surface area contributed by atoms with Crippen molar-refractivity contribution < 1.29 is 4.74 Å². The van der Waals surface area contributed by atoms with Gasteiger partial charge in [-0.1, -0.05) is 20.3 Å². The summed E-state index contributed by atoms with van der Waals surface area (Å²) >= 11 is 1.85.